The summed E-state index contributed by atoms with van der Waals surface area (Å²) >= 11 is 2.05. The normalized spacial score (nSPS) is 8.22. The third kappa shape index (κ3) is 8.25. The third-order valence-corrected chi connectivity index (χ3v) is 1.37. The monoisotopic (exact) mass is 237 g/mol. The number of halogens is 1. The lowest BCUT2D eigenvalue weighted by atomic mass is 10.3. The quantitative estimate of drug-likeness (QED) is 0.446. The van der Waals surface area contributed by atoms with Crippen molar-refractivity contribution < 1.29 is 0 Å². The number of rotatable bonds is 4. The summed E-state index contributed by atoms with van der Waals surface area (Å²) < 4.78 is 2.80. The van der Waals surface area contributed by atoms with E-state index in [2.05, 4.69) is 22.1 Å². The summed E-state index contributed by atoms with van der Waals surface area (Å²) in [6, 6.07) is 0. The maximum atomic E-state index is 3.21. The van der Waals surface area contributed by atoms with Crippen LogP contribution in [0, 0.1) is 9.85 Å². The summed E-state index contributed by atoms with van der Waals surface area (Å²) in [5, 5.41) is 3.21. The number of hydrogen-bond acceptors (Lipinski definition) is 1. The Morgan fingerprint density at radius 1 is 1.56 bits per heavy atom. The van der Waals surface area contributed by atoms with Crippen molar-refractivity contribution >= 4 is 22.6 Å². The first-order chi connectivity index (χ1) is 4.41. The van der Waals surface area contributed by atoms with Crippen LogP contribution in [0.1, 0.15) is 19.8 Å². The highest BCUT2D eigenvalue weighted by Crippen LogP contribution is 1.80. The maximum Gasteiger partial charge on any atom is 0.0584 e. The fourth-order valence-electron chi connectivity index (χ4n) is 0.486. The number of hydrogen-bond donors (Lipinski definition) is 1. The van der Waals surface area contributed by atoms with Gasteiger partial charge in [-0.15, -0.1) is 0 Å². The molecule has 0 fully saturated rings. The van der Waals surface area contributed by atoms with E-state index in [0.717, 1.165) is 13.1 Å². The zero-order valence-electron chi connectivity index (χ0n) is 5.71. The van der Waals surface area contributed by atoms with Crippen molar-refractivity contribution in [2.75, 3.05) is 13.1 Å². The van der Waals surface area contributed by atoms with Gasteiger partial charge in [0.1, 0.15) is 0 Å². The summed E-state index contributed by atoms with van der Waals surface area (Å²) in [6.45, 7) is 4.12. The van der Waals surface area contributed by atoms with Gasteiger partial charge in [0.05, 0.1) is 6.54 Å². The van der Waals surface area contributed by atoms with Crippen LogP contribution in [0.25, 0.3) is 0 Å². The van der Waals surface area contributed by atoms with E-state index >= 15 is 0 Å². The van der Waals surface area contributed by atoms with Gasteiger partial charge >= 0.3 is 0 Å². The molecule has 0 aromatic rings. The van der Waals surface area contributed by atoms with Gasteiger partial charge in [-0.1, -0.05) is 19.3 Å². The molecule has 0 radical (unpaired) electrons. The summed E-state index contributed by atoms with van der Waals surface area (Å²) in [5.41, 5.74) is 0. The Morgan fingerprint density at radius 2 is 2.33 bits per heavy atom. The molecule has 1 N–H and O–H groups in total. The lowest BCUT2D eigenvalue weighted by Gasteiger charge is -1.94. The van der Waals surface area contributed by atoms with Gasteiger partial charge in [0.25, 0.3) is 0 Å². The maximum absolute atomic E-state index is 3.21. The van der Waals surface area contributed by atoms with Crippen molar-refractivity contribution in [3.63, 3.8) is 0 Å². The topological polar surface area (TPSA) is 12.0 Å². The van der Waals surface area contributed by atoms with E-state index in [1.165, 1.54) is 12.8 Å². The summed E-state index contributed by atoms with van der Waals surface area (Å²) in [5.74, 6) is 2.93. The van der Waals surface area contributed by atoms with Crippen LogP contribution in [0.15, 0.2) is 0 Å². The Labute approximate surface area is 70.7 Å². The highest BCUT2D eigenvalue weighted by Gasteiger charge is 1.79. The number of unbranched alkanes of at least 4 members (excludes halogenated alkanes) is 1. The first-order valence-corrected chi connectivity index (χ1v) is 4.29. The van der Waals surface area contributed by atoms with Crippen molar-refractivity contribution in [1.82, 2.24) is 5.32 Å². The van der Waals surface area contributed by atoms with E-state index in [9.17, 15) is 0 Å². The van der Waals surface area contributed by atoms with Crippen LogP contribution >= 0.6 is 22.6 Å². The van der Waals surface area contributed by atoms with Gasteiger partial charge in [-0.25, -0.2) is 0 Å². The van der Waals surface area contributed by atoms with Crippen LogP contribution in [-0.2, 0) is 0 Å². The van der Waals surface area contributed by atoms with Crippen LogP contribution in [0.3, 0.4) is 0 Å². The second kappa shape index (κ2) is 8.25. The molecular formula is C7H12IN. The smallest absolute Gasteiger partial charge is 0.0584 e. The first kappa shape index (κ1) is 9.25. The van der Waals surface area contributed by atoms with Gasteiger partial charge < -0.3 is 5.32 Å². The zero-order chi connectivity index (χ0) is 6.95. The van der Waals surface area contributed by atoms with E-state index in [-0.39, 0.29) is 0 Å². The Hall–Kier alpha value is 0.250. The largest absolute Gasteiger partial charge is 0.306 e. The predicted molar refractivity (Wildman–Crippen MR) is 49.6 cm³/mol. The Kier molecular flexibility index (Phi) is 8.48. The molecule has 0 aliphatic rings. The minimum absolute atomic E-state index is 0.836. The van der Waals surface area contributed by atoms with E-state index in [0.29, 0.717) is 0 Å². The molecule has 0 saturated heterocycles. The predicted octanol–water partition coefficient (Wildman–Crippen LogP) is 1.77. The molecule has 0 aromatic heterocycles. The first-order valence-electron chi connectivity index (χ1n) is 3.21. The van der Waals surface area contributed by atoms with E-state index in [1.807, 2.05) is 22.6 Å². The van der Waals surface area contributed by atoms with Crippen molar-refractivity contribution in [2.24, 2.45) is 0 Å². The van der Waals surface area contributed by atoms with Crippen LogP contribution in [0.5, 0.6) is 0 Å². The second-order valence-corrected chi connectivity index (χ2v) is 2.34. The van der Waals surface area contributed by atoms with Gasteiger partial charge in [0.15, 0.2) is 0 Å². The van der Waals surface area contributed by atoms with Crippen LogP contribution in [-0.4, -0.2) is 13.1 Å². The molecule has 0 saturated carbocycles. The zero-order valence-corrected chi connectivity index (χ0v) is 7.86. The third-order valence-electron chi connectivity index (χ3n) is 0.987. The van der Waals surface area contributed by atoms with Crippen LogP contribution in [0.2, 0.25) is 0 Å². The standard InChI is InChI=1S/C7H12IN/c1-2-3-6-9-7-4-5-8/h9H,2-3,6-7H2,1H3. The molecule has 9 heavy (non-hydrogen) atoms. The van der Waals surface area contributed by atoms with Crippen molar-refractivity contribution in [1.29, 1.82) is 0 Å². The van der Waals surface area contributed by atoms with Gasteiger partial charge in [-0.3, -0.25) is 0 Å². The molecule has 0 bridgehead atoms. The second-order valence-electron chi connectivity index (χ2n) is 1.80. The Balaban J connectivity index is 2.80. The molecule has 1 nitrogen and oxygen atoms in total. The molecule has 0 heterocycles. The molecule has 52 valence electrons. The van der Waals surface area contributed by atoms with E-state index in [1.54, 1.807) is 0 Å². The molecule has 0 unspecified atom stereocenters. The Morgan fingerprint density at radius 3 is 2.89 bits per heavy atom. The Bertz CT molecular complexity index is 101. The summed E-state index contributed by atoms with van der Waals surface area (Å²) in [6.07, 6.45) is 2.51. The van der Waals surface area contributed by atoms with Crippen molar-refractivity contribution in [3.05, 3.63) is 0 Å². The van der Waals surface area contributed by atoms with Gasteiger partial charge in [-0.2, -0.15) is 0 Å². The summed E-state index contributed by atoms with van der Waals surface area (Å²) in [7, 11) is 0. The van der Waals surface area contributed by atoms with Gasteiger partial charge in [0, 0.05) is 22.6 Å². The SMILES string of the molecule is CCCCNCC#CI. The lowest BCUT2D eigenvalue weighted by molar-refractivity contribution is 0.687. The van der Waals surface area contributed by atoms with Crippen molar-refractivity contribution in [3.8, 4) is 9.85 Å². The minimum atomic E-state index is 0.836. The van der Waals surface area contributed by atoms with E-state index in [4.69, 9.17) is 0 Å². The highest BCUT2D eigenvalue weighted by atomic mass is 127. The highest BCUT2D eigenvalue weighted by molar-refractivity contribution is 14.1. The average molecular weight is 237 g/mol. The summed E-state index contributed by atoms with van der Waals surface area (Å²) in [4.78, 5) is 0. The molecule has 0 amide bonds. The van der Waals surface area contributed by atoms with Gasteiger partial charge in [0.2, 0.25) is 0 Å². The molecule has 0 rings (SSSR count). The average Bonchev–Trinajstić information content (AvgIpc) is 1.89. The number of nitrogens with one attached hydrogen (secondary N) is 1. The molecule has 0 spiro atoms. The van der Waals surface area contributed by atoms with Gasteiger partial charge in [-0.05, 0) is 16.9 Å². The van der Waals surface area contributed by atoms with E-state index < -0.39 is 0 Å². The van der Waals surface area contributed by atoms with Crippen molar-refractivity contribution in [2.45, 2.75) is 19.8 Å². The molecular weight excluding hydrogens is 225 g/mol. The molecule has 0 aromatic carbocycles. The molecule has 0 aliphatic carbocycles. The molecule has 0 aliphatic heterocycles. The lowest BCUT2D eigenvalue weighted by Crippen LogP contribution is -2.14. The van der Waals surface area contributed by atoms with Crippen LogP contribution in [0.4, 0.5) is 0 Å². The fourth-order valence-corrected chi connectivity index (χ4v) is 0.677. The van der Waals surface area contributed by atoms with Crippen LogP contribution < -0.4 is 5.32 Å². The fraction of sp³-hybridized carbons (Fsp3) is 0.714. The minimum Gasteiger partial charge on any atom is -0.306 e. The molecule has 0 atom stereocenters. The molecule has 2 heteroatoms.